The summed E-state index contributed by atoms with van der Waals surface area (Å²) in [5.74, 6) is 0. The van der Waals surface area contributed by atoms with E-state index in [0.717, 1.165) is 27.7 Å². The fourth-order valence-corrected chi connectivity index (χ4v) is 3.49. The van der Waals surface area contributed by atoms with Gasteiger partial charge in [-0.25, -0.2) is 9.50 Å². The normalized spacial score (nSPS) is 11.3. The van der Waals surface area contributed by atoms with Gasteiger partial charge in [0, 0.05) is 12.0 Å². The molecule has 1 aromatic carbocycles. The summed E-state index contributed by atoms with van der Waals surface area (Å²) >= 11 is 7.89. The maximum Gasteiger partial charge on any atom is 0.212 e. The lowest BCUT2D eigenvalue weighted by atomic mass is 10.2. The Bertz CT molecular complexity index is 701. The number of hydrogen-bond donors (Lipinski definition) is 0. The number of imidazole rings is 1. The molecular weight excluding hydrogens is 302 g/mol. The van der Waals surface area contributed by atoms with Crippen molar-refractivity contribution in [3.63, 3.8) is 0 Å². The van der Waals surface area contributed by atoms with E-state index in [9.17, 15) is 0 Å². The first-order valence-electron chi connectivity index (χ1n) is 7.38. The van der Waals surface area contributed by atoms with Crippen molar-refractivity contribution >= 4 is 27.9 Å². The van der Waals surface area contributed by atoms with Crippen LogP contribution in [0.2, 0.25) is 5.02 Å². The van der Waals surface area contributed by atoms with Gasteiger partial charge in [0.15, 0.2) is 0 Å². The van der Waals surface area contributed by atoms with Crippen LogP contribution in [0, 0.1) is 0 Å². The molecule has 3 rings (SSSR count). The number of halogens is 1. The fourth-order valence-electron chi connectivity index (χ4n) is 2.34. The van der Waals surface area contributed by atoms with E-state index in [1.165, 1.54) is 30.7 Å². The van der Waals surface area contributed by atoms with Crippen LogP contribution < -0.4 is 0 Å². The van der Waals surface area contributed by atoms with Crippen molar-refractivity contribution in [2.24, 2.45) is 0 Å². The number of rotatable bonds is 6. The van der Waals surface area contributed by atoms with Crippen molar-refractivity contribution in [2.75, 3.05) is 0 Å². The lowest BCUT2D eigenvalue weighted by molar-refractivity contribution is 0.661. The fraction of sp³-hybridized carbons (Fsp3) is 0.375. The number of aryl methyl sites for hydroxylation is 1. The largest absolute Gasteiger partial charge is 0.217 e. The topological polar surface area (TPSA) is 30.2 Å². The third-order valence-corrected chi connectivity index (χ3v) is 4.79. The maximum absolute atomic E-state index is 6.22. The third-order valence-electron chi connectivity index (χ3n) is 3.48. The lowest BCUT2D eigenvalue weighted by Gasteiger charge is -1.98. The summed E-state index contributed by atoms with van der Waals surface area (Å²) in [5, 5.41) is 6.51. The average molecular weight is 320 g/mol. The number of aromatic nitrogens is 3. The molecular formula is C16H18ClN3S. The highest BCUT2D eigenvalue weighted by Crippen LogP contribution is 2.28. The van der Waals surface area contributed by atoms with Gasteiger partial charge in [-0.2, -0.15) is 5.10 Å². The van der Waals surface area contributed by atoms with E-state index in [1.54, 1.807) is 11.3 Å². The standard InChI is InChI=1S/C16H18ClN3S/c1-2-3-4-5-10-15-19-20-11-14(18-16(20)21-15)12-8-6-7-9-13(12)17/h6-9,11H,2-5,10H2,1H3. The van der Waals surface area contributed by atoms with Gasteiger partial charge in [0.05, 0.1) is 16.9 Å². The Morgan fingerprint density at radius 1 is 1.19 bits per heavy atom. The van der Waals surface area contributed by atoms with E-state index in [-0.39, 0.29) is 0 Å². The van der Waals surface area contributed by atoms with Gasteiger partial charge in [-0.15, -0.1) is 0 Å². The summed E-state index contributed by atoms with van der Waals surface area (Å²) in [6.07, 6.45) is 8.07. The molecule has 3 nitrogen and oxygen atoms in total. The van der Waals surface area contributed by atoms with Crippen molar-refractivity contribution in [1.82, 2.24) is 14.6 Å². The molecule has 0 amide bonds. The van der Waals surface area contributed by atoms with Crippen LogP contribution in [-0.2, 0) is 6.42 Å². The zero-order valence-electron chi connectivity index (χ0n) is 12.1. The van der Waals surface area contributed by atoms with Crippen LogP contribution in [0.1, 0.15) is 37.6 Å². The van der Waals surface area contributed by atoms with Crippen LogP contribution in [-0.4, -0.2) is 14.6 Å². The highest BCUT2D eigenvalue weighted by Gasteiger charge is 2.11. The monoisotopic (exact) mass is 319 g/mol. The predicted molar refractivity (Wildman–Crippen MR) is 89.2 cm³/mol. The molecule has 3 aromatic rings. The van der Waals surface area contributed by atoms with Crippen LogP contribution in [0.3, 0.4) is 0 Å². The van der Waals surface area contributed by atoms with Gasteiger partial charge in [0.1, 0.15) is 5.01 Å². The molecule has 0 saturated heterocycles. The van der Waals surface area contributed by atoms with Gasteiger partial charge in [-0.05, 0) is 12.5 Å². The molecule has 0 atom stereocenters. The van der Waals surface area contributed by atoms with E-state index < -0.39 is 0 Å². The van der Waals surface area contributed by atoms with Crippen LogP contribution in [0.4, 0.5) is 0 Å². The minimum atomic E-state index is 0.725. The number of nitrogens with zero attached hydrogens (tertiary/aromatic N) is 3. The molecule has 21 heavy (non-hydrogen) atoms. The van der Waals surface area contributed by atoms with Crippen molar-refractivity contribution in [3.8, 4) is 11.3 Å². The zero-order valence-corrected chi connectivity index (χ0v) is 13.6. The summed E-state index contributed by atoms with van der Waals surface area (Å²) in [6, 6.07) is 7.77. The molecule has 0 aliphatic rings. The average Bonchev–Trinajstić information content (AvgIpc) is 3.02. The minimum absolute atomic E-state index is 0.725. The molecule has 110 valence electrons. The molecule has 2 heterocycles. The van der Waals surface area contributed by atoms with Gasteiger partial charge < -0.3 is 0 Å². The summed E-state index contributed by atoms with van der Waals surface area (Å²) in [4.78, 5) is 5.58. The minimum Gasteiger partial charge on any atom is -0.217 e. The molecule has 0 N–H and O–H groups in total. The lowest BCUT2D eigenvalue weighted by Crippen LogP contribution is -1.88. The second kappa shape index (κ2) is 6.58. The highest BCUT2D eigenvalue weighted by molar-refractivity contribution is 7.16. The Kier molecular flexibility index (Phi) is 4.56. The van der Waals surface area contributed by atoms with Gasteiger partial charge in [-0.3, -0.25) is 0 Å². The molecule has 0 fully saturated rings. The van der Waals surface area contributed by atoms with Crippen molar-refractivity contribution < 1.29 is 0 Å². The molecule has 0 aliphatic heterocycles. The first kappa shape index (κ1) is 14.5. The van der Waals surface area contributed by atoms with E-state index in [1.807, 2.05) is 35.0 Å². The quantitative estimate of drug-likeness (QED) is 0.582. The zero-order chi connectivity index (χ0) is 14.7. The second-order valence-electron chi connectivity index (χ2n) is 5.14. The molecule has 0 saturated carbocycles. The highest BCUT2D eigenvalue weighted by atomic mass is 35.5. The molecule has 0 bridgehead atoms. The second-order valence-corrected chi connectivity index (χ2v) is 6.59. The SMILES string of the molecule is CCCCCCc1nn2cc(-c3ccccc3Cl)nc2s1. The Balaban J connectivity index is 1.77. The van der Waals surface area contributed by atoms with Crippen molar-refractivity contribution in [3.05, 3.63) is 40.5 Å². The van der Waals surface area contributed by atoms with E-state index in [2.05, 4.69) is 17.0 Å². The molecule has 0 radical (unpaired) electrons. The Hall–Kier alpha value is -1.39. The first-order chi connectivity index (χ1) is 10.3. The molecule has 0 spiro atoms. The number of hydrogen-bond acceptors (Lipinski definition) is 3. The summed E-state index contributed by atoms with van der Waals surface area (Å²) in [5.41, 5.74) is 1.85. The smallest absolute Gasteiger partial charge is 0.212 e. The number of fused-ring (bicyclic) bond motifs is 1. The van der Waals surface area contributed by atoms with Crippen LogP contribution in [0.15, 0.2) is 30.5 Å². The van der Waals surface area contributed by atoms with Gasteiger partial charge in [-0.1, -0.05) is 67.3 Å². The van der Waals surface area contributed by atoms with E-state index in [0.29, 0.717) is 0 Å². The molecule has 0 aliphatic carbocycles. The molecule has 5 heteroatoms. The van der Waals surface area contributed by atoms with Crippen molar-refractivity contribution in [1.29, 1.82) is 0 Å². The molecule has 2 aromatic heterocycles. The summed E-state index contributed by atoms with van der Waals surface area (Å²) in [6.45, 7) is 2.23. The van der Waals surface area contributed by atoms with Crippen LogP contribution >= 0.6 is 22.9 Å². The number of unbranched alkanes of at least 4 members (excludes halogenated alkanes) is 3. The maximum atomic E-state index is 6.22. The van der Waals surface area contributed by atoms with Crippen molar-refractivity contribution in [2.45, 2.75) is 39.0 Å². The van der Waals surface area contributed by atoms with Gasteiger partial charge >= 0.3 is 0 Å². The first-order valence-corrected chi connectivity index (χ1v) is 8.57. The van der Waals surface area contributed by atoms with Crippen LogP contribution in [0.5, 0.6) is 0 Å². The van der Waals surface area contributed by atoms with Gasteiger partial charge in [0.25, 0.3) is 0 Å². The predicted octanol–water partition coefficient (Wildman–Crippen LogP) is 5.23. The third kappa shape index (κ3) is 3.27. The molecule has 0 unspecified atom stereocenters. The van der Waals surface area contributed by atoms with Crippen LogP contribution in [0.25, 0.3) is 16.2 Å². The Morgan fingerprint density at radius 3 is 2.81 bits per heavy atom. The summed E-state index contributed by atoms with van der Waals surface area (Å²) in [7, 11) is 0. The van der Waals surface area contributed by atoms with E-state index in [4.69, 9.17) is 11.6 Å². The van der Waals surface area contributed by atoms with E-state index >= 15 is 0 Å². The Morgan fingerprint density at radius 2 is 2.05 bits per heavy atom. The van der Waals surface area contributed by atoms with Gasteiger partial charge in [0.2, 0.25) is 4.96 Å². The summed E-state index contributed by atoms with van der Waals surface area (Å²) < 4.78 is 1.87. The Labute approximate surface area is 133 Å². The number of benzene rings is 1.